The van der Waals surface area contributed by atoms with Crippen molar-refractivity contribution >= 4 is 29.1 Å². The SMILES string of the molecule is Cc1cc(C)cc(C(=O)N(C)CC(CCN2CCC3(CC2)COc2ccc(F)cc23)c2ccc(Cl)c(Cl)c2)c1. The van der Waals surface area contributed by atoms with E-state index in [-0.39, 0.29) is 23.1 Å². The summed E-state index contributed by atoms with van der Waals surface area (Å²) in [5.74, 6) is 0.727. The summed E-state index contributed by atoms with van der Waals surface area (Å²) >= 11 is 12.6. The Labute approximate surface area is 240 Å². The van der Waals surface area contributed by atoms with Gasteiger partial charge >= 0.3 is 0 Å². The number of amides is 1. The van der Waals surface area contributed by atoms with Crippen LogP contribution in [-0.4, -0.2) is 55.5 Å². The third-order valence-corrected chi connectivity index (χ3v) is 9.09. The number of piperidine rings is 1. The Balaban J connectivity index is 1.27. The van der Waals surface area contributed by atoms with Crippen LogP contribution in [0.15, 0.2) is 54.6 Å². The number of likely N-dealkylation sites (N-methyl/N-ethyl adjacent to an activating group) is 1. The van der Waals surface area contributed by atoms with Crippen LogP contribution in [0.5, 0.6) is 5.75 Å². The highest BCUT2D eigenvalue weighted by Crippen LogP contribution is 2.45. The minimum atomic E-state index is -0.204. The lowest BCUT2D eigenvalue weighted by molar-refractivity contribution is 0.0779. The first-order valence-electron chi connectivity index (χ1n) is 13.6. The summed E-state index contributed by atoms with van der Waals surface area (Å²) in [7, 11) is 1.87. The van der Waals surface area contributed by atoms with Crippen molar-refractivity contribution in [2.45, 2.75) is 44.4 Å². The molecule has 1 spiro atoms. The van der Waals surface area contributed by atoms with Crippen LogP contribution in [0.1, 0.15) is 57.8 Å². The second kappa shape index (κ2) is 11.5. The quantitative estimate of drug-likeness (QED) is 0.297. The Hall–Kier alpha value is -2.60. The summed E-state index contributed by atoms with van der Waals surface area (Å²) < 4.78 is 19.9. The number of aryl methyl sites for hydroxylation is 2. The molecule has 0 aliphatic carbocycles. The zero-order valence-corrected chi connectivity index (χ0v) is 24.3. The first kappa shape index (κ1) is 27.9. The molecule has 206 valence electrons. The molecule has 39 heavy (non-hydrogen) atoms. The van der Waals surface area contributed by atoms with Crippen molar-refractivity contribution in [3.8, 4) is 5.75 Å². The van der Waals surface area contributed by atoms with Crippen molar-refractivity contribution in [3.63, 3.8) is 0 Å². The topological polar surface area (TPSA) is 32.8 Å². The molecule has 0 radical (unpaired) electrons. The van der Waals surface area contributed by atoms with E-state index in [0.29, 0.717) is 28.8 Å². The van der Waals surface area contributed by atoms with Gasteiger partial charge in [0, 0.05) is 36.1 Å². The molecule has 0 aromatic heterocycles. The van der Waals surface area contributed by atoms with E-state index in [1.807, 2.05) is 56.1 Å². The van der Waals surface area contributed by atoms with Crippen molar-refractivity contribution in [1.29, 1.82) is 0 Å². The number of hydrogen-bond donors (Lipinski definition) is 0. The van der Waals surface area contributed by atoms with E-state index in [0.717, 1.165) is 66.9 Å². The molecule has 0 saturated carbocycles. The average molecular weight is 570 g/mol. The number of rotatable bonds is 7. The maximum atomic E-state index is 14.0. The van der Waals surface area contributed by atoms with Crippen LogP contribution in [-0.2, 0) is 5.41 Å². The fourth-order valence-corrected chi connectivity index (χ4v) is 6.46. The number of likely N-dealkylation sites (tertiary alicyclic amines) is 1. The summed E-state index contributed by atoms with van der Waals surface area (Å²) in [5, 5.41) is 1.05. The molecule has 1 unspecified atom stereocenters. The number of fused-ring (bicyclic) bond motifs is 2. The third kappa shape index (κ3) is 6.11. The summed E-state index contributed by atoms with van der Waals surface area (Å²) in [6, 6.07) is 16.6. The van der Waals surface area contributed by atoms with Crippen LogP contribution >= 0.6 is 23.2 Å². The molecule has 2 aliphatic rings. The number of carbonyl (C=O) groups excluding carboxylic acids is 1. The highest BCUT2D eigenvalue weighted by molar-refractivity contribution is 6.42. The van der Waals surface area contributed by atoms with Gasteiger partial charge in [-0.25, -0.2) is 4.39 Å². The molecule has 2 heterocycles. The molecule has 0 N–H and O–H groups in total. The van der Waals surface area contributed by atoms with E-state index >= 15 is 0 Å². The number of carbonyl (C=O) groups is 1. The zero-order valence-electron chi connectivity index (χ0n) is 22.8. The number of nitrogens with zero attached hydrogens (tertiary/aromatic N) is 2. The molecule has 1 amide bonds. The van der Waals surface area contributed by atoms with Gasteiger partial charge in [-0.05, 0) is 101 Å². The van der Waals surface area contributed by atoms with Crippen molar-refractivity contribution in [3.05, 3.63) is 98.3 Å². The summed E-state index contributed by atoms with van der Waals surface area (Å²) in [4.78, 5) is 17.6. The number of benzene rings is 3. The number of hydrogen-bond acceptors (Lipinski definition) is 3. The Morgan fingerprint density at radius 1 is 1.03 bits per heavy atom. The van der Waals surface area contributed by atoms with Gasteiger partial charge in [-0.15, -0.1) is 0 Å². The number of halogens is 3. The van der Waals surface area contributed by atoms with Gasteiger partial charge in [-0.1, -0.05) is 46.5 Å². The fourth-order valence-electron chi connectivity index (χ4n) is 6.15. The third-order valence-electron chi connectivity index (χ3n) is 8.35. The minimum absolute atomic E-state index is 0.0129. The average Bonchev–Trinajstić information content (AvgIpc) is 3.25. The molecular weight excluding hydrogens is 534 g/mol. The predicted molar refractivity (Wildman–Crippen MR) is 156 cm³/mol. The molecule has 1 atom stereocenters. The van der Waals surface area contributed by atoms with Gasteiger partial charge in [0.15, 0.2) is 0 Å². The maximum absolute atomic E-state index is 14.0. The fraction of sp³-hybridized carbons (Fsp3) is 0.406. The highest BCUT2D eigenvalue weighted by atomic mass is 35.5. The van der Waals surface area contributed by atoms with E-state index in [2.05, 4.69) is 11.0 Å². The van der Waals surface area contributed by atoms with E-state index in [1.54, 1.807) is 12.1 Å². The van der Waals surface area contributed by atoms with Crippen molar-refractivity contribution in [1.82, 2.24) is 9.80 Å². The van der Waals surface area contributed by atoms with Crippen LogP contribution < -0.4 is 4.74 Å². The number of ether oxygens (including phenoxy) is 1. The Morgan fingerprint density at radius 2 is 1.74 bits per heavy atom. The Morgan fingerprint density at radius 3 is 2.44 bits per heavy atom. The van der Waals surface area contributed by atoms with E-state index in [4.69, 9.17) is 27.9 Å². The lowest BCUT2D eigenvalue weighted by atomic mass is 9.74. The Kier molecular flexibility index (Phi) is 8.23. The van der Waals surface area contributed by atoms with E-state index in [9.17, 15) is 9.18 Å². The van der Waals surface area contributed by atoms with Crippen LogP contribution in [0.4, 0.5) is 4.39 Å². The van der Waals surface area contributed by atoms with Crippen molar-refractivity contribution in [2.24, 2.45) is 0 Å². The molecule has 2 aliphatic heterocycles. The van der Waals surface area contributed by atoms with Gasteiger partial charge < -0.3 is 14.5 Å². The monoisotopic (exact) mass is 568 g/mol. The van der Waals surface area contributed by atoms with Gasteiger partial charge in [0.1, 0.15) is 11.6 Å². The first-order valence-corrected chi connectivity index (χ1v) is 14.3. The first-order chi connectivity index (χ1) is 18.6. The smallest absolute Gasteiger partial charge is 0.253 e. The Bertz CT molecular complexity index is 1350. The summed E-state index contributed by atoms with van der Waals surface area (Å²) in [6.07, 6.45) is 2.75. The lowest BCUT2D eigenvalue weighted by Gasteiger charge is -2.39. The van der Waals surface area contributed by atoms with Crippen LogP contribution in [0.25, 0.3) is 0 Å². The highest BCUT2D eigenvalue weighted by Gasteiger charge is 2.43. The maximum Gasteiger partial charge on any atom is 0.253 e. The minimum Gasteiger partial charge on any atom is -0.492 e. The molecule has 5 rings (SSSR count). The van der Waals surface area contributed by atoms with Gasteiger partial charge in [-0.2, -0.15) is 0 Å². The molecule has 1 fully saturated rings. The van der Waals surface area contributed by atoms with Gasteiger partial charge in [-0.3, -0.25) is 4.79 Å². The van der Waals surface area contributed by atoms with Gasteiger partial charge in [0.05, 0.1) is 16.7 Å². The summed E-state index contributed by atoms with van der Waals surface area (Å²) in [6.45, 7) is 7.95. The molecular formula is C32H35Cl2FN2O2. The van der Waals surface area contributed by atoms with E-state index < -0.39 is 0 Å². The van der Waals surface area contributed by atoms with Crippen LogP contribution in [0.2, 0.25) is 10.0 Å². The predicted octanol–water partition coefficient (Wildman–Crippen LogP) is 7.42. The lowest BCUT2D eigenvalue weighted by Crippen LogP contribution is -2.44. The largest absolute Gasteiger partial charge is 0.492 e. The second-order valence-corrected chi connectivity index (χ2v) is 12.1. The zero-order chi connectivity index (χ0) is 27.7. The van der Waals surface area contributed by atoms with Crippen LogP contribution in [0.3, 0.4) is 0 Å². The van der Waals surface area contributed by atoms with Gasteiger partial charge in [0.25, 0.3) is 5.91 Å². The molecule has 7 heteroatoms. The van der Waals surface area contributed by atoms with Crippen LogP contribution in [0, 0.1) is 19.7 Å². The van der Waals surface area contributed by atoms with Crippen molar-refractivity contribution in [2.75, 3.05) is 39.8 Å². The standard InChI is InChI=1S/C32H35Cl2FN2O2/c1-21-14-22(2)16-25(15-21)31(38)36(3)19-24(23-4-6-28(33)29(34)17-23)8-11-37-12-9-32(10-13-37)20-39-30-7-5-26(35)18-27(30)32/h4-7,14-18,24H,8-13,19-20H2,1-3H3. The molecule has 3 aromatic rings. The van der Waals surface area contributed by atoms with Gasteiger partial charge in [0.2, 0.25) is 0 Å². The second-order valence-electron chi connectivity index (χ2n) is 11.3. The molecule has 1 saturated heterocycles. The molecule has 4 nitrogen and oxygen atoms in total. The molecule has 0 bridgehead atoms. The van der Waals surface area contributed by atoms with Crippen molar-refractivity contribution < 1.29 is 13.9 Å². The van der Waals surface area contributed by atoms with E-state index in [1.165, 1.54) is 6.07 Å². The molecule has 3 aromatic carbocycles. The normalized spacial score (nSPS) is 17.1. The summed E-state index contributed by atoms with van der Waals surface area (Å²) in [5.41, 5.74) is 4.85.